The second kappa shape index (κ2) is 5.18. The third-order valence-electron chi connectivity index (χ3n) is 1.51. The van der Waals surface area contributed by atoms with Crippen molar-refractivity contribution in [3.63, 3.8) is 0 Å². The van der Waals surface area contributed by atoms with Crippen LogP contribution in [0.1, 0.15) is 6.92 Å². The van der Waals surface area contributed by atoms with Crippen LogP contribution >= 0.6 is 0 Å². The van der Waals surface area contributed by atoms with Crippen LogP contribution in [0.5, 0.6) is 0 Å². The quantitative estimate of drug-likeness (QED) is 0.555. The molecule has 0 saturated carbocycles. The number of carbonyl (C=O) groups excluding carboxylic acids is 1. The smallest absolute Gasteiger partial charge is 0.335 e. The molecule has 0 aliphatic carbocycles. The van der Waals surface area contributed by atoms with Gasteiger partial charge in [-0.1, -0.05) is 0 Å². The second-order valence-electron chi connectivity index (χ2n) is 2.68. The minimum Gasteiger partial charge on any atom is -0.460 e. The van der Waals surface area contributed by atoms with Crippen LogP contribution in [0.3, 0.4) is 0 Å². The van der Waals surface area contributed by atoms with E-state index in [1.807, 2.05) is 0 Å². The van der Waals surface area contributed by atoms with Gasteiger partial charge in [0.05, 0.1) is 18.5 Å². The molecule has 0 aromatic carbocycles. The Bertz CT molecular complexity index is 317. The Morgan fingerprint density at radius 1 is 1.71 bits per heavy atom. The summed E-state index contributed by atoms with van der Waals surface area (Å²) in [4.78, 5) is 15.0. The van der Waals surface area contributed by atoms with Crippen molar-refractivity contribution in [1.29, 1.82) is 0 Å². The predicted molar refractivity (Wildman–Crippen MR) is 50.2 cm³/mol. The first-order chi connectivity index (χ1) is 6.74. The van der Waals surface area contributed by atoms with E-state index in [1.165, 1.54) is 0 Å². The van der Waals surface area contributed by atoms with Crippen LogP contribution in [0, 0.1) is 0 Å². The first-order valence-electron chi connectivity index (χ1n) is 4.18. The summed E-state index contributed by atoms with van der Waals surface area (Å²) in [5, 5.41) is 8.44. The van der Waals surface area contributed by atoms with Gasteiger partial charge >= 0.3 is 5.97 Å². The zero-order valence-electron chi connectivity index (χ0n) is 7.88. The van der Waals surface area contributed by atoms with Crippen LogP contribution in [0.2, 0.25) is 0 Å². The van der Waals surface area contributed by atoms with Gasteiger partial charge in [-0.15, -0.1) is 0 Å². The van der Waals surface area contributed by atoms with Gasteiger partial charge in [0, 0.05) is 18.6 Å². The van der Waals surface area contributed by atoms with E-state index in [1.54, 1.807) is 36.4 Å². The van der Waals surface area contributed by atoms with Crippen LogP contribution in [0.15, 0.2) is 24.3 Å². The number of esters is 1. The van der Waals surface area contributed by atoms with Gasteiger partial charge in [-0.05, 0) is 6.92 Å². The summed E-state index contributed by atoms with van der Waals surface area (Å²) >= 11 is 0. The number of aromatic nitrogens is 2. The Morgan fingerprint density at radius 2 is 2.50 bits per heavy atom. The third kappa shape index (κ3) is 3.02. The maximum Gasteiger partial charge on any atom is 0.335 e. The van der Waals surface area contributed by atoms with Crippen LogP contribution < -0.4 is 0 Å². The summed E-state index contributed by atoms with van der Waals surface area (Å²) < 4.78 is 6.36. The molecular weight excluding hydrogens is 184 g/mol. The van der Waals surface area contributed by atoms with Gasteiger partial charge in [0.1, 0.15) is 6.61 Å². The topological polar surface area (TPSA) is 64.4 Å². The van der Waals surface area contributed by atoms with Crippen LogP contribution in [-0.4, -0.2) is 33.8 Å². The van der Waals surface area contributed by atoms with Gasteiger partial charge in [0.2, 0.25) is 0 Å². The Balaban J connectivity index is 2.56. The highest BCUT2D eigenvalue weighted by Crippen LogP contribution is 1.99. The van der Waals surface area contributed by atoms with Gasteiger partial charge in [0.15, 0.2) is 0 Å². The van der Waals surface area contributed by atoms with E-state index >= 15 is 0 Å². The Labute approximate surface area is 81.6 Å². The van der Waals surface area contributed by atoms with Crippen molar-refractivity contribution in [3.8, 4) is 0 Å². The maximum absolute atomic E-state index is 11.2. The SMILES string of the molecule is CC(=Cn1ccnc1)C(=O)OCCO. The number of aliphatic hydroxyl groups is 1. The zero-order valence-corrected chi connectivity index (χ0v) is 7.88. The van der Waals surface area contributed by atoms with Crippen molar-refractivity contribution in [1.82, 2.24) is 9.55 Å². The molecule has 0 bridgehead atoms. The van der Waals surface area contributed by atoms with Crippen LogP contribution in [-0.2, 0) is 9.53 Å². The molecule has 1 aromatic rings. The number of rotatable bonds is 4. The van der Waals surface area contributed by atoms with Crippen molar-refractivity contribution >= 4 is 12.2 Å². The van der Waals surface area contributed by atoms with Gasteiger partial charge in [-0.25, -0.2) is 9.78 Å². The zero-order chi connectivity index (χ0) is 10.4. The van der Waals surface area contributed by atoms with E-state index in [4.69, 9.17) is 9.84 Å². The molecule has 0 radical (unpaired) electrons. The van der Waals surface area contributed by atoms with Crippen molar-refractivity contribution in [2.75, 3.05) is 13.2 Å². The Kier molecular flexibility index (Phi) is 3.87. The molecule has 1 heterocycles. The highest BCUT2D eigenvalue weighted by molar-refractivity contribution is 5.90. The summed E-state index contributed by atoms with van der Waals surface area (Å²) in [5.74, 6) is -0.437. The van der Waals surface area contributed by atoms with Crippen LogP contribution in [0.4, 0.5) is 0 Å². The maximum atomic E-state index is 11.2. The van der Waals surface area contributed by atoms with E-state index < -0.39 is 5.97 Å². The lowest BCUT2D eigenvalue weighted by Gasteiger charge is -2.02. The van der Waals surface area contributed by atoms with Crippen molar-refractivity contribution < 1.29 is 14.6 Å². The molecule has 0 aliphatic heterocycles. The number of ether oxygens (including phenoxy) is 1. The van der Waals surface area contributed by atoms with Gasteiger partial charge in [0.25, 0.3) is 0 Å². The summed E-state index contributed by atoms with van der Waals surface area (Å²) in [7, 11) is 0. The van der Waals surface area contributed by atoms with Crippen molar-refractivity contribution in [3.05, 3.63) is 24.3 Å². The summed E-state index contributed by atoms with van der Waals surface area (Å²) in [6, 6.07) is 0. The monoisotopic (exact) mass is 196 g/mol. The minimum atomic E-state index is -0.437. The average Bonchev–Trinajstić information content (AvgIpc) is 2.66. The Hall–Kier alpha value is -1.62. The fraction of sp³-hybridized carbons (Fsp3) is 0.333. The molecule has 0 amide bonds. The number of carbonyl (C=O) groups is 1. The number of hydrogen-bond acceptors (Lipinski definition) is 4. The number of aliphatic hydroxyl groups excluding tert-OH is 1. The fourth-order valence-electron chi connectivity index (χ4n) is 0.874. The number of imidazole rings is 1. The standard InChI is InChI=1S/C9H12N2O3/c1-8(9(13)14-5-4-12)6-11-3-2-10-7-11/h2-3,6-7,12H,4-5H2,1H3. The molecule has 0 spiro atoms. The van der Waals surface area contributed by atoms with E-state index in [0.717, 1.165) is 0 Å². The first kappa shape index (κ1) is 10.5. The second-order valence-corrected chi connectivity index (χ2v) is 2.68. The van der Waals surface area contributed by atoms with Gasteiger partial charge in [-0.3, -0.25) is 0 Å². The first-order valence-corrected chi connectivity index (χ1v) is 4.18. The van der Waals surface area contributed by atoms with E-state index in [0.29, 0.717) is 5.57 Å². The lowest BCUT2D eigenvalue weighted by molar-refractivity contribution is -0.139. The normalized spacial score (nSPS) is 11.4. The van der Waals surface area contributed by atoms with Gasteiger partial charge < -0.3 is 14.4 Å². The molecule has 0 aliphatic rings. The summed E-state index contributed by atoms with van der Waals surface area (Å²) in [6.07, 6.45) is 6.50. The van der Waals surface area contributed by atoms with Crippen molar-refractivity contribution in [2.24, 2.45) is 0 Å². The summed E-state index contributed by atoms with van der Waals surface area (Å²) in [6.45, 7) is 1.50. The molecule has 0 atom stereocenters. The molecule has 1 aromatic heterocycles. The molecule has 14 heavy (non-hydrogen) atoms. The molecule has 5 nitrogen and oxygen atoms in total. The highest BCUT2D eigenvalue weighted by Gasteiger charge is 2.04. The highest BCUT2D eigenvalue weighted by atomic mass is 16.5. The molecular formula is C9H12N2O3. The van der Waals surface area contributed by atoms with E-state index in [9.17, 15) is 4.79 Å². The molecule has 5 heteroatoms. The molecule has 76 valence electrons. The van der Waals surface area contributed by atoms with E-state index in [-0.39, 0.29) is 13.2 Å². The Morgan fingerprint density at radius 3 is 3.07 bits per heavy atom. The van der Waals surface area contributed by atoms with Crippen LogP contribution in [0.25, 0.3) is 6.20 Å². The van der Waals surface area contributed by atoms with Crippen molar-refractivity contribution in [2.45, 2.75) is 6.92 Å². The number of hydrogen-bond donors (Lipinski definition) is 1. The fourth-order valence-corrected chi connectivity index (χ4v) is 0.874. The molecule has 0 unspecified atom stereocenters. The number of nitrogens with zero attached hydrogens (tertiary/aromatic N) is 2. The third-order valence-corrected chi connectivity index (χ3v) is 1.51. The summed E-state index contributed by atoms with van der Waals surface area (Å²) in [5.41, 5.74) is 0.455. The molecule has 0 fully saturated rings. The van der Waals surface area contributed by atoms with Gasteiger partial charge in [-0.2, -0.15) is 0 Å². The average molecular weight is 196 g/mol. The van der Waals surface area contributed by atoms with E-state index in [2.05, 4.69) is 4.98 Å². The lowest BCUT2D eigenvalue weighted by Crippen LogP contribution is -2.09. The minimum absolute atomic E-state index is 0.0218. The largest absolute Gasteiger partial charge is 0.460 e. The predicted octanol–water partition coefficient (Wildman–Crippen LogP) is 0.279. The lowest BCUT2D eigenvalue weighted by atomic mass is 10.3. The molecule has 1 N–H and O–H groups in total. The molecule has 0 saturated heterocycles. The molecule has 1 rings (SSSR count).